The third-order valence-corrected chi connectivity index (χ3v) is 14.4. The van der Waals surface area contributed by atoms with E-state index in [4.69, 9.17) is 0 Å². The molecule has 0 heterocycles. The van der Waals surface area contributed by atoms with Gasteiger partial charge in [0.15, 0.2) is 0 Å². The summed E-state index contributed by atoms with van der Waals surface area (Å²) in [6.07, 6.45) is 0.968. The lowest BCUT2D eigenvalue weighted by atomic mass is 9.56. The molecule has 0 aromatic heterocycles. The Bertz CT molecular complexity index is 1240. The van der Waals surface area contributed by atoms with Crippen LogP contribution >= 0.6 is 27.7 Å². The second-order valence-electron chi connectivity index (χ2n) is 19.1. The molecule has 2 rings (SSSR count). The van der Waals surface area contributed by atoms with Crippen molar-refractivity contribution in [2.24, 2.45) is 21.7 Å². The first-order valence-corrected chi connectivity index (χ1v) is 18.0. The summed E-state index contributed by atoms with van der Waals surface area (Å²) in [5, 5.41) is -0.336. The van der Waals surface area contributed by atoms with Crippen LogP contribution in [0, 0.1) is 21.7 Å². The van der Waals surface area contributed by atoms with E-state index in [-0.39, 0.29) is 42.8 Å². The molecule has 0 bridgehead atoms. The van der Waals surface area contributed by atoms with E-state index >= 15 is 0 Å². The van der Waals surface area contributed by atoms with Gasteiger partial charge in [0.05, 0.1) is 0 Å². The SMILES string of the molecule is CC(C)(C)c1c(CP)ccc(-c2ccc(C(P)(C(C)(C)C)C(C)(C)C)c(C(P)(C(C)(C)C)C(C)(C)C)c2)c1C(C)(C)C. The Morgan fingerprint density at radius 1 is 0.476 bits per heavy atom. The average Bonchev–Trinajstić information content (AvgIpc) is 2.77. The Labute approximate surface area is 269 Å². The smallest absolute Gasteiger partial charge is 0.0197 e. The highest BCUT2D eigenvalue weighted by Gasteiger charge is 2.55. The van der Waals surface area contributed by atoms with E-state index < -0.39 is 0 Å². The Kier molecular flexibility index (Phi) is 10.4. The molecule has 0 fully saturated rings. The van der Waals surface area contributed by atoms with Crippen LogP contribution in [0.15, 0.2) is 30.3 Å². The molecule has 0 aliphatic heterocycles. The van der Waals surface area contributed by atoms with E-state index in [0.717, 1.165) is 6.16 Å². The van der Waals surface area contributed by atoms with E-state index in [1.54, 1.807) is 0 Å². The van der Waals surface area contributed by atoms with E-state index in [9.17, 15) is 0 Å². The van der Waals surface area contributed by atoms with Crippen molar-refractivity contribution < 1.29 is 0 Å². The van der Waals surface area contributed by atoms with Crippen molar-refractivity contribution in [3.05, 3.63) is 58.1 Å². The number of benzene rings is 2. The predicted molar refractivity (Wildman–Crippen MR) is 203 cm³/mol. The zero-order valence-electron chi connectivity index (χ0n) is 30.8. The van der Waals surface area contributed by atoms with Gasteiger partial charge < -0.3 is 0 Å². The van der Waals surface area contributed by atoms with Gasteiger partial charge >= 0.3 is 0 Å². The average molecular weight is 629 g/mol. The fraction of sp³-hybridized carbons (Fsp3) is 0.692. The van der Waals surface area contributed by atoms with Crippen molar-refractivity contribution in [1.82, 2.24) is 0 Å². The zero-order chi connectivity index (χ0) is 33.3. The Balaban J connectivity index is 3.33. The Hall–Kier alpha value is -0.270. The van der Waals surface area contributed by atoms with Crippen LogP contribution in [-0.2, 0) is 27.3 Å². The predicted octanol–water partition coefficient (Wildman–Crippen LogP) is 12.6. The van der Waals surface area contributed by atoms with Gasteiger partial charge in [-0.3, -0.25) is 0 Å². The third-order valence-electron chi connectivity index (χ3n) is 9.92. The van der Waals surface area contributed by atoms with Gasteiger partial charge in [0, 0.05) is 10.3 Å². The summed E-state index contributed by atoms with van der Waals surface area (Å²) in [7, 11) is 9.80. The van der Waals surface area contributed by atoms with Crippen molar-refractivity contribution in [3.8, 4) is 11.1 Å². The van der Waals surface area contributed by atoms with Crippen LogP contribution in [0.25, 0.3) is 11.1 Å². The highest BCUT2D eigenvalue weighted by atomic mass is 31.0. The standard InChI is InChI=1S/C39H67P3/c1-32(2,3)30-26(24-40)19-21-27(31(30)33(4,5)6)25-20-22-28(38(41,34(7,8)9)35(10,11)12)29(23-25)39(42,36(13,14)15)37(16,17)18/h19-23H,24,40-42H2,1-18H3. The zero-order valence-corrected chi connectivity index (χ0v) is 34.3. The van der Waals surface area contributed by atoms with Crippen molar-refractivity contribution in [2.45, 2.75) is 152 Å². The van der Waals surface area contributed by atoms with Gasteiger partial charge in [0.1, 0.15) is 0 Å². The molecule has 0 nitrogen and oxygen atoms in total. The molecule has 0 radical (unpaired) electrons. The lowest BCUT2D eigenvalue weighted by Gasteiger charge is -2.57. The van der Waals surface area contributed by atoms with Gasteiger partial charge in [-0.2, -0.15) is 0 Å². The summed E-state index contributed by atoms with van der Waals surface area (Å²) >= 11 is 0. The first kappa shape index (κ1) is 37.9. The van der Waals surface area contributed by atoms with Gasteiger partial charge in [-0.15, -0.1) is 27.7 Å². The van der Waals surface area contributed by atoms with Gasteiger partial charge in [-0.05, 0) is 83.7 Å². The normalized spacial score (nSPS) is 14.9. The minimum absolute atomic E-state index is 0.0000781. The molecule has 0 saturated carbocycles. The Morgan fingerprint density at radius 2 is 0.857 bits per heavy atom. The van der Waals surface area contributed by atoms with Crippen molar-refractivity contribution in [1.29, 1.82) is 0 Å². The molecule has 3 unspecified atom stereocenters. The third kappa shape index (κ3) is 6.50. The molecule has 2 aromatic carbocycles. The van der Waals surface area contributed by atoms with Crippen LogP contribution in [0.2, 0.25) is 0 Å². The number of hydrogen-bond acceptors (Lipinski definition) is 0. The van der Waals surface area contributed by atoms with E-state index in [1.807, 2.05) is 0 Å². The van der Waals surface area contributed by atoms with Crippen molar-refractivity contribution in [3.63, 3.8) is 0 Å². The van der Waals surface area contributed by atoms with Crippen molar-refractivity contribution >= 4 is 27.7 Å². The molecule has 42 heavy (non-hydrogen) atoms. The topological polar surface area (TPSA) is 0 Å². The fourth-order valence-electron chi connectivity index (χ4n) is 7.94. The maximum Gasteiger partial charge on any atom is 0.0197 e. The quantitative estimate of drug-likeness (QED) is 0.296. The van der Waals surface area contributed by atoms with Gasteiger partial charge in [0.25, 0.3) is 0 Å². The lowest BCUT2D eigenvalue weighted by molar-refractivity contribution is 0.118. The van der Waals surface area contributed by atoms with Crippen LogP contribution in [-0.4, -0.2) is 0 Å². The Morgan fingerprint density at radius 3 is 1.19 bits per heavy atom. The molecule has 0 spiro atoms. The molecule has 0 amide bonds. The maximum absolute atomic E-state index is 3.42. The summed E-state index contributed by atoms with van der Waals surface area (Å²) in [6.45, 7) is 43.3. The van der Waals surface area contributed by atoms with Gasteiger partial charge in [-0.25, -0.2) is 0 Å². The van der Waals surface area contributed by atoms with Crippen molar-refractivity contribution in [2.75, 3.05) is 0 Å². The second kappa shape index (κ2) is 11.5. The maximum atomic E-state index is 3.42. The van der Waals surface area contributed by atoms with Gasteiger partial charge in [-0.1, -0.05) is 149 Å². The van der Waals surface area contributed by atoms with E-state index in [0.29, 0.717) is 0 Å². The summed E-state index contributed by atoms with van der Waals surface area (Å²) in [5.41, 5.74) is 10.1. The molecule has 3 atom stereocenters. The van der Waals surface area contributed by atoms with Gasteiger partial charge in [0.2, 0.25) is 0 Å². The van der Waals surface area contributed by atoms with Crippen LogP contribution in [0.1, 0.15) is 152 Å². The first-order valence-electron chi connectivity index (χ1n) is 16.0. The molecule has 0 aliphatic carbocycles. The highest BCUT2D eigenvalue weighted by Crippen LogP contribution is 2.65. The minimum Gasteiger partial charge on any atom is -0.133 e. The molecule has 0 N–H and O–H groups in total. The molecule has 2 aromatic rings. The van der Waals surface area contributed by atoms with E-state index in [1.165, 1.54) is 38.9 Å². The van der Waals surface area contributed by atoms with Crippen LogP contribution < -0.4 is 0 Å². The second-order valence-corrected chi connectivity index (χ2v) is 21.2. The van der Waals surface area contributed by atoms with E-state index in [2.05, 4.69) is 183 Å². The lowest BCUT2D eigenvalue weighted by Crippen LogP contribution is -2.50. The molecule has 3 heteroatoms. The van der Waals surface area contributed by atoms with Crippen LogP contribution in [0.3, 0.4) is 0 Å². The molecule has 238 valence electrons. The first-order chi connectivity index (χ1) is 18.4. The number of hydrogen-bond donors (Lipinski definition) is 0. The molecule has 0 saturated heterocycles. The minimum atomic E-state index is -0.182. The number of rotatable bonds is 4. The molecule has 0 aliphatic rings. The molecular weight excluding hydrogens is 561 g/mol. The summed E-state index contributed by atoms with van der Waals surface area (Å²) in [4.78, 5) is 0. The summed E-state index contributed by atoms with van der Waals surface area (Å²) < 4.78 is 0. The summed E-state index contributed by atoms with van der Waals surface area (Å²) in [5.74, 6) is 0. The van der Waals surface area contributed by atoms with Crippen LogP contribution in [0.4, 0.5) is 0 Å². The highest BCUT2D eigenvalue weighted by molar-refractivity contribution is 7.19. The fourth-order valence-corrected chi connectivity index (χ4v) is 8.77. The largest absolute Gasteiger partial charge is 0.133 e. The molecular formula is C39H67P3. The monoisotopic (exact) mass is 628 g/mol. The van der Waals surface area contributed by atoms with Crippen LogP contribution in [0.5, 0.6) is 0 Å². The summed E-state index contributed by atoms with van der Waals surface area (Å²) in [6, 6.07) is 12.3.